The molecule has 0 N–H and O–H groups in total. The largest absolute Gasteiger partial charge is 0.319 e. The quantitative estimate of drug-likeness (QED) is 0.121. The molecule has 0 fully saturated rings. The van der Waals surface area contributed by atoms with Gasteiger partial charge in [0, 0.05) is 7.11 Å². The number of nitrogens with zero attached hydrogens (tertiary/aromatic N) is 1. The van der Waals surface area contributed by atoms with Crippen LogP contribution in [0.5, 0.6) is 5.75 Å². The van der Waals surface area contributed by atoms with Crippen molar-refractivity contribution < 1.29 is 48.2 Å². The maximum absolute atomic E-state index is 7.99. The third kappa shape index (κ3) is 23.2. The Kier molecular flexibility index (Phi) is 28.4. The average molecular weight is 636 g/mol. The first-order valence-electron chi connectivity index (χ1n) is 12.6. The number of hydrogen-bond donors (Lipinski definition) is 0. The molecule has 5 nitrogen and oxygen atoms in total. The van der Waals surface area contributed by atoms with Crippen LogP contribution >= 0.6 is 0 Å². The zero-order chi connectivity index (χ0) is 29.6. The molecule has 0 aliphatic rings. The summed E-state index contributed by atoms with van der Waals surface area (Å²) in [5.74, 6) is 0.939. The molecular weight excluding hydrogens is 596 g/mol. The molecule has 0 aromatic heterocycles. The molecule has 0 saturated heterocycles. The van der Waals surface area contributed by atoms with Crippen LogP contribution in [0.3, 0.4) is 0 Å². The average Bonchev–Trinajstić information content (AvgIpc) is 3.01. The SMILES string of the molecule is CCCC[CH-]C#N.CO[Si](C)(C)CCCCOc1ccc(-c2cc[c-]cc2)cc1.[O]=[Co].[O]=[Co].[c-]1cc[c-]cc1. The van der Waals surface area contributed by atoms with E-state index in [4.69, 9.17) is 22.2 Å². The van der Waals surface area contributed by atoms with Crippen molar-refractivity contribution in [1.29, 1.82) is 5.26 Å². The van der Waals surface area contributed by atoms with Gasteiger partial charge < -0.3 is 21.3 Å². The first kappa shape index (κ1) is 38.8. The maximum Gasteiger partial charge on any atom is -0.288 e. The van der Waals surface area contributed by atoms with E-state index >= 15 is 0 Å². The van der Waals surface area contributed by atoms with Crippen molar-refractivity contribution in [3.63, 3.8) is 0 Å². The van der Waals surface area contributed by atoms with E-state index in [0.29, 0.717) is 0 Å². The molecule has 0 radical (unpaired) electrons. The van der Waals surface area contributed by atoms with Gasteiger partial charge in [0.1, 0.15) is 5.75 Å². The van der Waals surface area contributed by atoms with Crippen molar-refractivity contribution in [2.45, 2.75) is 58.2 Å². The van der Waals surface area contributed by atoms with Crippen LogP contribution in [0, 0.1) is 36.0 Å². The molecule has 8 heteroatoms. The van der Waals surface area contributed by atoms with Crippen molar-refractivity contribution in [1.82, 2.24) is 0 Å². The van der Waals surface area contributed by atoms with Gasteiger partial charge in [0.15, 0.2) is 8.32 Å². The minimum absolute atomic E-state index is 0.772. The Morgan fingerprint density at radius 1 is 0.821 bits per heavy atom. The second-order valence-corrected chi connectivity index (χ2v) is 13.0. The van der Waals surface area contributed by atoms with Gasteiger partial charge in [0.25, 0.3) is 0 Å². The molecule has 0 spiro atoms. The van der Waals surface area contributed by atoms with Crippen LogP contribution in [0.4, 0.5) is 0 Å². The van der Waals surface area contributed by atoms with Crippen molar-refractivity contribution in [3.8, 4) is 22.9 Å². The van der Waals surface area contributed by atoms with Gasteiger partial charge in [-0.2, -0.15) is 36.8 Å². The van der Waals surface area contributed by atoms with E-state index < -0.39 is 8.32 Å². The van der Waals surface area contributed by atoms with Crippen LogP contribution in [0.1, 0.15) is 39.0 Å². The summed E-state index contributed by atoms with van der Waals surface area (Å²) >= 11 is 4.62. The van der Waals surface area contributed by atoms with E-state index in [1.54, 1.807) is 6.42 Å². The summed E-state index contributed by atoms with van der Waals surface area (Å²) in [5, 5.41) is 7.99. The van der Waals surface area contributed by atoms with E-state index in [0.717, 1.165) is 31.6 Å². The van der Waals surface area contributed by atoms with Gasteiger partial charge in [0.2, 0.25) is 0 Å². The first-order chi connectivity index (χ1) is 19.0. The maximum atomic E-state index is 7.99. The van der Waals surface area contributed by atoms with Crippen molar-refractivity contribution >= 4 is 8.32 Å². The van der Waals surface area contributed by atoms with Crippen LogP contribution in [-0.4, -0.2) is 22.0 Å². The number of rotatable bonds is 11. The predicted octanol–water partition coefficient (Wildman–Crippen LogP) is 8.11. The third-order valence-corrected chi connectivity index (χ3v) is 7.91. The summed E-state index contributed by atoms with van der Waals surface area (Å²) in [6.07, 6.45) is 7.17. The minimum atomic E-state index is -1.41. The van der Waals surface area contributed by atoms with Crippen molar-refractivity contribution in [2.75, 3.05) is 13.7 Å². The molecule has 0 unspecified atom stereocenters. The van der Waals surface area contributed by atoms with Gasteiger partial charge in [0.05, 0.1) is 6.61 Å². The molecular formula is C31H39Co2NO4Si-4. The Labute approximate surface area is 253 Å². The number of unbranched alkanes of at least 4 members (excludes halogenated alkanes) is 4. The standard InChI is InChI=1S/C19H25O2Si.C6H10N.C6H4.2Co.2O/c1-20-22(2,3)16-8-7-15-21-19-13-11-18(12-14-19)17-9-5-4-6-10-17;1-2-3-4-5-6-7;1-2-4-6-5-3-1;;;;/h5-6,9-14H,7-8,15-16H2,1-3H3;5H,2-4H2,1H3;1-2,5-6H;;;;/q2*-1;-2;;;;. The van der Waals surface area contributed by atoms with Crippen LogP contribution < -0.4 is 4.74 Å². The van der Waals surface area contributed by atoms with Gasteiger partial charge in [-0.3, -0.25) is 30.7 Å². The Balaban J connectivity index is 0. The summed E-state index contributed by atoms with van der Waals surface area (Å²) in [5.41, 5.74) is 2.41. The normalized spacial score (nSPS) is 9.26. The molecule has 3 aromatic carbocycles. The smallest absolute Gasteiger partial charge is 0.288 e. The molecule has 3 rings (SSSR count). The predicted molar refractivity (Wildman–Crippen MR) is 150 cm³/mol. The first-order valence-corrected chi connectivity index (χ1v) is 16.5. The molecule has 39 heavy (non-hydrogen) atoms. The van der Waals surface area contributed by atoms with Crippen LogP contribution in [0.2, 0.25) is 19.1 Å². The Morgan fingerprint density at radius 2 is 1.33 bits per heavy atom. The molecule has 0 heterocycles. The van der Waals surface area contributed by atoms with Gasteiger partial charge in [-0.25, -0.2) is 5.26 Å². The molecule has 0 amide bonds. The Morgan fingerprint density at radius 3 is 1.79 bits per heavy atom. The van der Waals surface area contributed by atoms with Crippen LogP contribution in [-0.2, 0) is 43.5 Å². The van der Waals surface area contributed by atoms with Crippen LogP contribution in [0.25, 0.3) is 11.1 Å². The molecule has 0 aliphatic heterocycles. The second kappa shape index (κ2) is 28.6. The monoisotopic (exact) mass is 635 g/mol. The topological polar surface area (TPSA) is 76.4 Å². The summed E-state index contributed by atoms with van der Waals surface area (Å²) in [4.78, 5) is 0. The molecule has 0 atom stereocenters. The number of nitriles is 1. The van der Waals surface area contributed by atoms with E-state index in [1.165, 1.54) is 30.0 Å². The zero-order valence-electron chi connectivity index (χ0n) is 23.2. The molecule has 3 aromatic rings. The van der Waals surface area contributed by atoms with Gasteiger partial charge in [-0.05, 0) is 43.3 Å². The Hall–Kier alpha value is -2.39. The summed E-state index contributed by atoms with van der Waals surface area (Å²) in [7, 11) is 0.419. The van der Waals surface area contributed by atoms with E-state index in [1.807, 2.05) is 61.7 Å². The van der Waals surface area contributed by atoms with Crippen molar-refractivity contribution in [3.05, 3.63) is 97.4 Å². The fraction of sp³-hybridized carbons (Fsp3) is 0.355. The molecule has 0 saturated carbocycles. The summed E-state index contributed by atoms with van der Waals surface area (Å²) in [6, 6.07) is 35.5. The fourth-order valence-electron chi connectivity index (χ4n) is 2.94. The molecule has 0 bridgehead atoms. The third-order valence-electron chi connectivity index (χ3n) is 5.25. The molecule has 218 valence electrons. The number of ether oxygens (including phenoxy) is 1. The van der Waals surface area contributed by atoms with Crippen molar-refractivity contribution in [2.24, 2.45) is 0 Å². The van der Waals surface area contributed by atoms with Gasteiger partial charge in [-0.1, -0.05) is 38.3 Å². The minimum Gasteiger partial charge on any atom is -0.319 e. The van der Waals surface area contributed by atoms with E-state index in [2.05, 4.69) is 93.8 Å². The number of benzene rings is 3. The zero-order valence-corrected chi connectivity index (χ0v) is 26.3. The number of hydrogen-bond acceptors (Lipinski definition) is 5. The van der Waals surface area contributed by atoms with Gasteiger partial charge in [-0.15, -0.1) is 11.6 Å². The van der Waals surface area contributed by atoms with Gasteiger partial charge >= 0.3 is 39.1 Å². The Bertz CT molecular complexity index is 927. The summed E-state index contributed by atoms with van der Waals surface area (Å²) < 4.78 is 27.2. The fourth-order valence-corrected chi connectivity index (χ4v) is 4.25. The van der Waals surface area contributed by atoms with E-state index in [-0.39, 0.29) is 0 Å². The summed E-state index contributed by atoms with van der Waals surface area (Å²) in [6.45, 7) is 7.40. The van der Waals surface area contributed by atoms with Crippen LogP contribution in [0.15, 0.2) is 72.8 Å². The molecule has 0 aliphatic carbocycles. The second-order valence-electron chi connectivity index (χ2n) is 8.56. The van der Waals surface area contributed by atoms with E-state index in [9.17, 15) is 0 Å².